The summed E-state index contributed by atoms with van der Waals surface area (Å²) in [7, 11) is 0. The molecule has 19 heavy (non-hydrogen) atoms. The summed E-state index contributed by atoms with van der Waals surface area (Å²) in [5.41, 5.74) is 5.69. The molecule has 6 heteroatoms. The normalized spacial score (nSPS) is 23.2. The van der Waals surface area contributed by atoms with E-state index in [9.17, 15) is 14.4 Å². The quantitative estimate of drug-likeness (QED) is 0.688. The summed E-state index contributed by atoms with van der Waals surface area (Å²) in [4.78, 5) is 38.5. The molecule has 2 aliphatic heterocycles. The van der Waals surface area contributed by atoms with Gasteiger partial charge in [0.2, 0.25) is 11.7 Å². The lowest BCUT2D eigenvalue weighted by Gasteiger charge is -2.31. The Labute approximate surface area is 112 Å². The van der Waals surface area contributed by atoms with E-state index in [4.69, 9.17) is 5.73 Å². The number of hydrogen-bond donors (Lipinski definition) is 1. The predicted molar refractivity (Wildman–Crippen MR) is 69.2 cm³/mol. The number of carbonyl (C=O) groups excluding carboxylic acids is 3. The maximum Gasteiger partial charge on any atom is 0.291 e. The van der Waals surface area contributed by atoms with E-state index in [0.717, 1.165) is 6.42 Å². The lowest BCUT2D eigenvalue weighted by Crippen LogP contribution is -2.53. The third-order valence-electron chi connectivity index (χ3n) is 3.71. The molecular weight excluding hydrogens is 246 g/mol. The summed E-state index contributed by atoms with van der Waals surface area (Å²) in [5.74, 6) is -1.09. The molecule has 0 aliphatic carbocycles. The van der Waals surface area contributed by atoms with Gasteiger partial charge in [0.05, 0.1) is 6.04 Å². The molecular formula is C13H21N3O3. The lowest BCUT2D eigenvalue weighted by atomic mass is 9.93. The Hall–Kier alpha value is -1.43. The summed E-state index contributed by atoms with van der Waals surface area (Å²) in [6.45, 7) is 6.00. The van der Waals surface area contributed by atoms with Crippen LogP contribution < -0.4 is 5.73 Å². The molecule has 106 valence electrons. The Morgan fingerprint density at radius 2 is 2.00 bits per heavy atom. The molecule has 0 radical (unpaired) electrons. The van der Waals surface area contributed by atoms with Crippen LogP contribution >= 0.6 is 0 Å². The summed E-state index contributed by atoms with van der Waals surface area (Å²) < 4.78 is 0. The van der Waals surface area contributed by atoms with Gasteiger partial charge in [-0.05, 0) is 11.8 Å². The highest BCUT2D eigenvalue weighted by Crippen LogP contribution is 2.29. The molecule has 2 rings (SSSR count). The zero-order valence-electron chi connectivity index (χ0n) is 11.5. The van der Waals surface area contributed by atoms with E-state index < -0.39 is 17.7 Å². The molecule has 0 aromatic heterocycles. The molecule has 2 aliphatic rings. The number of hydrogen-bond acceptors (Lipinski definition) is 4. The van der Waals surface area contributed by atoms with E-state index >= 15 is 0 Å². The highest BCUT2D eigenvalue weighted by atomic mass is 16.2. The van der Waals surface area contributed by atoms with Crippen LogP contribution in [0.25, 0.3) is 0 Å². The van der Waals surface area contributed by atoms with Crippen LogP contribution in [0, 0.1) is 5.41 Å². The van der Waals surface area contributed by atoms with Crippen molar-refractivity contribution in [2.24, 2.45) is 11.1 Å². The topological polar surface area (TPSA) is 83.7 Å². The first-order valence-electron chi connectivity index (χ1n) is 6.67. The van der Waals surface area contributed by atoms with Crippen molar-refractivity contribution >= 4 is 17.6 Å². The van der Waals surface area contributed by atoms with Gasteiger partial charge in [-0.15, -0.1) is 0 Å². The van der Waals surface area contributed by atoms with Gasteiger partial charge in [-0.1, -0.05) is 13.8 Å². The van der Waals surface area contributed by atoms with Crippen molar-refractivity contribution < 1.29 is 14.4 Å². The van der Waals surface area contributed by atoms with Gasteiger partial charge in [-0.3, -0.25) is 14.4 Å². The van der Waals surface area contributed by atoms with Crippen molar-refractivity contribution in [3.05, 3.63) is 0 Å². The van der Waals surface area contributed by atoms with Crippen LogP contribution in [0.3, 0.4) is 0 Å². The molecule has 0 aromatic rings. The minimum Gasteiger partial charge on any atom is -0.340 e. The fourth-order valence-corrected chi connectivity index (χ4v) is 2.50. The van der Waals surface area contributed by atoms with Gasteiger partial charge in [-0.25, -0.2) is 0 Å². The molecule has 2 amide bonds. The van der Waals surface area contributed by atoms with Crippen LogP contribution in [0.2, 0.25) is 0 Å². The first-order valence-corrected chi connectivity index (χ1v) is 6.67. The number of Topliss-reactive ketones (excluding diaryl/α,β-unsaturated/α-hetero) is 1. The molecule has 2 N–H and O–H groups in total. The molecule has 0 saturated carbocycles. The summed E-state index contributed by atoms with van der Waals surface area (Å²) in [6, 6.07) is -0.911. The van der Waals surface area contributed by atoms with Crippen LogP contribution in [-0.4, -0.2) is 59.6 Å². The summed E-state index contributed by atoms with van der Waals surface area (Å²) in [5, 5.41) is 0. The minimum absolute atomic E-state index is 0.00430. The van der Waals surface area contributed by atoms with Gasteiger partial charge < -0.3 is 15.5 Å². The average molecular weight is 267 g/mol. The van der Waals surface area contributed by atoms with Gasteiger partial charge in [0.25, 0.3) is 5.91 Å². The fourth-order valence-electron chi connectivity index (χ4n) is 2.50. The molecule has 0 bridgehead atoms. The molecule has 2 fully saturated rings. The molecule has 2 heterocycles. The zero-order chi connectivity index (χ0) is 14.2. The van der Waals surface area contributed by atoms with Gasteiger partial charge >= 0.3 is 0 Å². The molecule has 0 aromatic carbocycles. The lowest BCUT2D eigenvalue weighted by molar-refractivity contribution is -0.148. The smallest absolute Gasteiger partial charge is 0.291 e. The largest absolute Gasteiger partial charge is 0.340 e. The predicted octanol–water partition coefficient (Wildman–Crippen LogP) is -0.626. The van der Waals surface area contributed by atoms with E-state index in [2.05, 4.69) is 0 Å². The number of nitrogens with zero attached hydrogens (tertiary/aromatic N) is 2. The van der Waals surface area contributed by atoms with Crippen LogP contribution in [0.15, 0.2) is 0 Å². The first-order chi connectivity index (χ1) is 8.80. The summed E-state index contributed by atoms with van der Waals surface area (Å²) in [6.07, 6.45) is 1.40. The standard InChI is InChI=1S/C13H21N3O3/c1-13(2)6-10(17)16(8-13)7-9(14)11(18)12(19)15-4-3-5-15/h9H,3-8,14H2,1-2H3/t9-/m0/s1. The van der Waals surface area contributed by atoms with Gasteiger partial charge in [0, 0.05) is 32.6 Å². The van der Waals surface area contributed by atoms with Crippen molar-refractivity contribution in [2.45, 2.75) is 32.7 Å². The van der Waals surface area contributed by atoms with Gasteiger partial charge in [-0.2, -0.15) is 0 Å². The molecule has 0 spiro atoms. The Balaban J connectivity index is 1.90. The van der Waals surface area contributed by atoms with E-state index in [1.54, 1.807) is 4.90 Å². The Morgan fingerprint density at radius 3 is 2.42 bits per heavy atom. The Bertz CT molecular complexity index is 415. The van der Waals surface area contributed by atoms with Crippen molar-refractivity contribution in [1.82, 2.24) is 9.80 Å². The minimum atomic E-state index is -0.911. The van der Waals surface area contributed by atoms with E-state index in [0.29, 0.717) is 26.1 Å². The third kappa shape index (κ3) is 2.94. The average Bonchev–Trinajstić information content (AvgIpc) is 2.48. The highest BCUT2D eigenvalue weighted by Gasteiger charge is 2.38. The SMILES string of the molecule is CC1(C)CC(=O)N(C[C@H](N)C(=O)C(=O)N2CCC2)C1. The van der Waals surface area contributed by atoms with Crippen LogP contribution in [0.4, 0.5) is 0 Å². The van der Waals surface area contributed by atoms with Gasteiger partial charge in [0.15, 0.2) is 0 Å². The van der Waals surface area contributed by atoms with E-state index in [1.165, 1.54) is 4.90 Å². The van der Waals surface area contributed by atoms with E-state index in [-0.39, 0.29) is 17.9 Å². The van der Waals surface area contributed by atoms with Crippen LogP contribution in [0.1, 0.15) is 26.7 Å². The third-order valence-corrected chi connectivity index (χ3v) is 3.71. The number of carbonyl (C=O) groups is 3. The zero-order valence-corrected chi connectivity index (χ0v) is 11.5. The molecule has 6 nitrogen and oxygen atoms in total. The van der Waals surface area contributed by atoms with Crippen LogP contribution in [-0.2, 0) is 14.4 Å². The Kier molecular flexibility index (Phi) is 3.62. The second-order valence-electron chi connectivity index (χ2n) is 6.23. The van der Waals surface area contributed by atoms with Crippen molar-refractivity contribution in [3.63, 3.8) is 0 Å². The molecule has 1 atom stereocenters. The first kappa shape index (κ1) is 14.0. The second-order valence-corrected chi connectivity index (χ2v) is 6.23. The second kappa shape index (κ2) is 4.92. The van der Waals surface area contributed by atoms with Crippen molar-refractivity contribution in [2.75, 3.05) is 26.2 Å². The number of ketones is 1. The van der Waals surface area contributed by atoms with Crippen molar-refractivity contribution in [3.8, 4) is 0 Å². The van der Waals surface area contributed by atoms with Crippen LogP contribution in [0.5, 0.6) is 0 Å². The molecule has 2 saturated heterocycles. The number of nitrogens with two attached hydrogens (primary N) is 1. The van der Waals surface area contributed by atoms with E-state index in [1.807, 2.05) is 13.8 Å². The Morgan fingerprint density at radius 1 is 1.37 bits per heavy atom. The number of rotatable bonds is 4. The number of likely N-dealkylation sites (tertiary alicyclic amines) is 2. The summed E-state index contributed by atoms with van der Waals surface area (Å²) >= 11 is 0. The maximum absolute atomic E-state index is 11.9. The molecule has 0 unspecified atom stereocenters. The van der Waals surface area contributed by atoms with Gasteiger partial charge in [0.1, 0.15) is 0 Å². The van der Waals surface area contributed by atoms with Crippen molar-refractivity contribution in [1.29, 1.82) is 0 Å². The maximum atomic E-state index is 11.9. The highest BCUT2D eigenvalue weighted by molar-refractivity contribution is 6.38. The fraction of sp³-hybridized carbons (Fsp3) is 0.769. The monoisotopic (exact) mass is 267 g/mol. The number of amides is 2.